The van der Waals surface area contributed by atoms with Crippen LogP contribution in [0.3, 0.4) is 0 Å². The monoisotopic (exact) mass is 273 g/mol. The topological polar surface area (TPSA) is 62.5 Å². The van der Waals surface area contributed by atoms with Crippen LogP contribution in [0, 0.1) is 11.8 Å². The Balaban J connectivity index is 1.64. The van der Waals surface area contributed by atoms with E-state index < -0.39 is 0 Å². The van der Waals surface area contributed by atoms with Crippen molar-refractivity contribution in [1.82, 2.24) is 5.32 Å². The normalized spacial score (nSPS) is 22.2. The lowest BCUT2D eigenvalue weighted by atomic mass is 9.97. The fraction of sp³-hybridized carbons (Fsp3) is 0.438. The zero-order valence-corrected chi connectivity index (χ0v) is 11.3. The maximum Gasteiger partial charge on any atom is 0.287 e. The molecule has 1 aromatic heterocycles. The Morgan fingerprint density at radius 1 is 1.30 bits per heavy atom. The highest BCUT2D eigenvalue weighted by Crippen LogP contribution is 2.30. The van der Waals surface area contributed by atoms with E-state index >= 15 is 0 Å². The molecule has 1 saturated carbocycles. The van der Waals surface area contributed by atoms with Crippen LogP contribution in [0.25, 0.3) is 11.0 Å². The molecular weight excluding hydrogens is 254 g/mol. The van der Waals surface area contributed by atoms with Gasteiger partial charge >= 0.3 is 0 Å². The van der Waals surface area contributed by atoms with Gasteiger partial charge in [-0.2, -0.15) is 0 Å². The molecule has 106 valence electrons. The summed E-state index contributed by atoms with van der Waals surface area (Å²) in [5.41, 5.74) is 0.728. The Morgan fingerprint density at radius 2 is 2.10 bits per heavy atom. The fourth-order valence-electron chi connectivity index (χ4n) is 3.03. The number of aliphatic hydroxyl groups is 1. The molecule has 1 aliphatic carbocycles. The van der Waals surface area contributed by atoms with Crippen molar-refractivity contribution in [1.29, 1.82) is 0 Å². The highest BCUT2D eigenvalue weighted by atomic mass is 16.3. The van der Waals surface area contributed by atoms with Crippen molar-refractivity contribution in [3.8, 4) is 0 Å². The van der Waals surface area contributed by atoms with Crippen LogP contribution >= 0.6 is 0 Å². The summed E-state index contributed by atoms with van der Waals surface area (Å²) >= 11 is 0. The van der Waals surface area contributed by atoms with E-state index in [4.69, 9.17) is 4.42 Å². The Labute approximate surface area is 117 Å². The molecule has 0 saturated heterocycles. The molecule has 2 aromatic rings. The van der Waals surface area contributed by atoms with Crippen molar-refractivity contribution in [2.45, 2.75) is 19.3 Å². The average molecular weight is 273 g/mol. The van der Waals surface area contributed by atoms with Gasteiger partial charge in [-0.05, 0) is 36.8 Å². The van der Waals surface area contributed by atoms with E-state index in [1.165, 1.54) is 0 Å². The number of carbonyl (C=O) groups excluding carboxylic acids is 1. The second-order valence-electron chi connectivity index (χ2n) is 5.49. The summed E-state index contributed by atoms with van der Waals surface area (Å²) in [4.78, 5) is 12.1. The van der Waals surface area contributed by atoms with Crippen molar-refractivity contribution < 1.29 is 14.3 Å². The number of para-hydroxylation sites is 1. The minimum atomic E-state index is -0.176. The summed E-state index contributed by atoms with van der Waals surface area (Å²) in [7, 11) is 0. The number of carbonyl (C=O) groups is 1. The number of hydrogen-bond donors (Lipinski definition) is 2. The summed E-state index contributed by atoms with van der Waals surface area (Å²) in [5, 5.41) is 13.1. The van der Waals surface area contributed by atoms with E-state index in [1.54, 1.807) is 6.07 Å². The molecule has 2 unspecified atom stereocenters. The van der Waals surface area contributed by atoms with E-state index in [-0.39, 0.29) is 12.5 Å². The number of aliphatic hydroxyl groups excluding tert-OH is 1. The van der Waals surface area contributed by atoms with Gasteiger partial charge in [0.05, 0.1) is 0 Å². The molecule has 1 amide bonds. The van der Waals surface area contributed by atoms with E-state index in [1.807, 2.05) is 24.3 Å². The fourth-order valence-corrected chi connectivity index (χ4v) is 3.03. The van der Waals surface area contributed by atoms with Crippen LogP contribution in [0.5, 0.6) is 0 Å². The predicted molar refractivity (Wildman–Crippen MR) is 76.5 cm³/mol. The Bertz CT molecular complexity index is 572. The van der Waals surface area contributed by atoms with Gasteiger partial charge in [0.25, 0.3) is 5.91 Å². The Morgan fingerprint density at radius 3 is 2.90 bits per heavy atom. The van der Waals surface area contributed by atoms with Crippen LogP contribution in [-0.4, -0.2) is 24.2 Å². The van der Waals surface area contributed by atoms with Gasteiger partial charge < -0.3 is 14.8 Å². The smallest absolute Gasteiger partial charge is 0.287 e. The number of fused-ring (bicyclic) bond motifs is 1. The molecule has 2 N–H and O–H groups in total. The Kier molecular flexibility index (Phi) is 3.74. The van der Waals surface area contributed by atoms with Crippen molar-refractivity contribution in [2.75, 3.05) is 13.2 Å². The molecule has 20 heavy (non-hydrogen) atoms. The second kappa shape index (κ2) is 5.67. The third-order valence-electron chi connectivity index (χ3n) is 4.23. The van der Waals surface area contributed by atoms with Gasteiger partial charge in [-0.3, -0.25) is 4.79 Å². The lowest BCUT2D eigenvalue weighted by Gasteiger charge is -2.17. The largest absolute Gasteiger partial charge is 0.451 e. The van der Waals surface area contributed by atoms with Crippen LogP contribution in [0.15, 0.2) is 34.7 Å². The second-order valence-corrected chi connectivity index (χ2v) is 5.49. The lowest BCUT2D eigenvalue weighted by Crippen LogP contribution is -2.31. The van der Waals surface area contributed by atoms with Gasteiger partial charge in [0.2, 0.25) is 0 Å². The van der Waals surface area contributed by atoms with Crippen molar-refractivity contribution in [2.24, 2.45) is 11.8 Å². The average Bonchev–Trinajstić information content (AvgIpc) is 3.10. The summed E-state index contributed by atoms with van der Waals surface area (Å²) in [6.07, 6.45) is 3.27. The van der Waals surface area contributed by atoms with Gasteiger partial charge in [0.1, 0.15) is 5.58 Å². The molecule has 0 bridgehead atoms. The van der Waals surface area contributed by atoms with Crippen molar-refractivity contribution >= 4 is 16.9 Å². The van der Waals surface area contributed by atoms with Crippen molar-refractivity contribution in [3.63, 3.8) is 0 Å². The number of benzene rings is 1. The molecule has 1 fully saturated rings. The van der Waals surface area contributed by atoms with Crippen LogP contribution in [0.2, 0.25) is 0 Å². The highest BCUT2D eigenvalue weighted by Gasteiger charge is 2.27. The molecule has 0 aliphatic heterocycles. The maximum atomic E-state index is 12.1. The molecule has 2 atom stereocenters. The maximum absolute atomic E-state index is 12.1. The van der Waals surface area contributed by atoms with E-state index in [2.05, 4.69) is 5.32 Å². The van der Waals surface area contributed by atoms with Crippen LogP contribution < -0.4 is 5.32 Å². The number of nitrogens with one attached hydrogen (secondary N) is 1. The molecule has 0 spiro atoms. The van der Waals surface area contributed by atoms with Gasteiger partial charge in [-0.15, -0.1) is 0 Å². The van der Waals surface area contributed by atoms with Crippen molar-refractivity contribution in [3.05, 3.63) is 36.1 Å². The minimum absolute atomic E-state index is 0.176. The quantitative estimate of drug-likeness (QED) is 0.900. The zero-order chi connectivity index (χ0) is 13.9. The minimum Gasteiger partial charge on any atom is -0.451 e. The van der Waals surface area contributed by atoms with Crippen LogP contribution in [0.1, 0.15) is 29.8 Å². The van der Waals surface area contributed by atoms with Crippen LogP contribution in [-0.2, 0) is 0 Å². The SMILES string of the molecule is O=C(NCC1CCCC1CO)c1cc2ccccc2o1. The molecule has 4 heteroatoms. The standard InChI is InChI=1S/C16H19NO3/c18-10-13-6-3-5-12(13)9-17-16(19)15-8-11-4-1-2-7-14(11)20-15/h1-2,4,7-8,12-13,18H,3,5-6,9-10H2,(H,17,19). The number of rotatable bonds is 4. The molecule has 4 nitrogen and oxygen atoms in total. The number of furan rings is 1. The van der Waals surface area contributed by atoms with E-state index in [0.29, 0.717) is 24.1 Å². The molecule has 3 rings (SSSR count). The predicted octanol–water partition coefficient (Wildman–Crippen LogP) is 2.57. The molecule has 0 radical (unpaired) electrons. The first-order chi connectivity index (χ1) is 9.78. The van der Waals surface area contributed by atoms with Gasteiger partial charge in [0, 0.05) is 18.5 Å². The molecule has 1 aliphatic rings. The third-order valence-corrected chi connectivity index (χ3v) is 4.23. The van der Waals surface area contributed by atoms with Gasteiger partial charge in [-0.25, -0.2) is 0 Å². The third kappa shape index (κ3) is 2.56. The Hall–Kier alpha value is -1.81. The molecule has 1 aromatic carbocycles. The summed E-state index contributed by atoms with van der Waals surface area (Å²) in [5.74, 6) is 0.883. The van der Waals surface area contributed by atoms with Crippen LogP contribution in [0.4, 0.5) is 0 Å². The van der Waals surface area contributed by atoms with E-state index in [0.717, 1.165) is 30.2 Å². The number of hydrogen-bond acceptors (Lipinski definition) is 3. The van der Waals surface area contributed by atoms with Gasteiger partial charge in [0.15, 0.2) is 5.76 Å². The van der Waals surface area contributed by atoms with Gasteiger partial charge in [-0.1, -0.05) is 24.6 Å². The summed E-state index contributed by atoms with van der Waals surface area (Å²) < 4.78 is 5.54. The highest BCUT2D eigenvalue weighted by molar-refractivity contribution is 5.96. The molecule has 1 heterocycles. The first-order valence-electron chi connectivity index (χ1n) is 7.15. The first kappa shape index (κ1) is 13.2. The molecular formula is C16H19NO3. The summed E-state index contributed by atoms with van der Waals surface area (Å²) in [6.45, 7) is 0.826. The zero-order valence-electron chi connectivity index (χ0n) is 11.3. The first-order valence-corrected chi connectivity index (χ1v) is 7.15. The summed E-state index contributed by atoms with van der Waals surface area (Å²) in [6, 6.07) is 9.35. The van der Waals surface area contributed by atoms with E-state index in [9.17, 15) is 9.90 Å². The lowest BCUT2D eigenvalue weighted by molar-refractivity contribution is 0.0912. The number of amides is 1.